The van der Waals surface area contributed by atoms with E-state index in [4.69, 9.17) is 11.6 Å². The van der Waals surface area contributed by atoms with Gasteiger partial charge in [0.05, 0.1) is 10.6 Å². The van der Waals surface area contributed by atoms with E-state index in [1.165, 1.54) is 6.92 Å². The van der Waals surface area contributed by atoms with Crippen LogP contribution < -0.4 is 5.32 Å². The third kappa shape index (κ3) is 2.80. The number of hydrogen-bond acceptors (Lipinski definition) is 5. The fourth-order valence-corrected chi connectivity index (χ4v) is 1.77. The molecule has 1 heterocycles. The summed E-state index contributed by atoms with van der Waals surface area (Å²) in [6.07, 6.45) is 0. The first-order valence-electron chi connectivity index (χ1n) is 5.29. The van der Waals surface area contributed by atoms with Gasteiger partial charge in [-0.05, 0) is 30.7 Å². The minimum Gasteiger partial charge on any atom is -0.332 e. The van der Waals surface area contributed by atoms with E-state index in [2.05, 4.69) is 15.3 Å². The zero-order chi connectivity index (χ0) is 14.9. The summed E-state index contributed by atoms with van der Waals surface area (Å²) >= 11 is 5.61. The van der Waals surface area contributed by atoms with Crippen molar-refractivity contribution in [2.75, 3.05) is 5.32 Å². The molecule has 6 nitrogen and oxygen atoms in total. The molecule has 1 aromatic heterocycles. The quantitative estimate of drug-likeness (QED) is 0.534. The number of hydrogen-bond donors (Lipinski definition) is 1. The molecule has 0 aliphatic rings. The Bertz CT molecular complexity index is 696. The molecule has 1 aromatic carbocycles. The molecule has 1 N–H and O–H groups in total. The lowest BCUT2D eigenvalue weighted by Gasteiger charge is -2.08. The molecule has 0 saturated heterocycles. The first-order chi connectivity index (χ1) is 9.38. The van der Waals surface area contributed by atoms with Gasteiger partial charge in [-0.2, -0.15) is 4.98 Å². The highest BCUT2D eigenvalue weighted by Crippen LogP contribution is 2.30. The summed E-state index contributed by atoms with van der Waals surface area (Å²) in [7, 11) is 0. The Hall–Kier alpha value is -2.35. The Kier molecular flexibility index (Phi) is 3.75. The van der Waals surface area contributed by atoms with E-state index >= 15 is 0 Å². The summed E-state index contributed by atoms with van der Waals surface area (Å²) in [5.41, 5.74) is -0.741. The number of halogens is 3. The topological polar surface area (TPSA) is 81.0 Å². The molecule has 0 fully saturated rings. The lowest BCUT2D eigenvalue weighted by atomic mass is 10.2. The Balaban J connectivity index is 2.53. The van der Waals surface area contributed by atoms with Crippen molar-refractivity contribution in [3.63, 3.8) is 0 Å². The Morgan fingerprint density at radius 1 is 1.35 bits per heavy atom. The number of aryl methyl sites for hydroxylation is 1. The van der Waals surface area contributed by atoms with Crippen molar-refractivity contribution in [3.05, 3.63) is 50.9 Å². The van der Waals surface area contributed by atoms with Gasteiger partial charge in [0.25, 0.3) is 0 Å². The molecule has 9 heteroatoms. The van der Waals surface area contributed by atoms with Crippen LogP contribution in [0.4, 0.5) is 26.0 Å². The van der Waals surface area contributed by atoms with E-state index in [0.29, 0.717) is 0 Å². The molecule has 0 radical (unpaired) electrons. The minimum absolute atomic E-state index is 0.00862. The summed E-state index contributed by atoms with van der Waals surface area (Å²) in [5, 5.41) is 13.1. The SMILES string of the molecule is Cc1nc(Cl)nc(Nc2cc(F)ccc2F)c1[N+](=O)[O-]. The van der Waals surface area contributed by atoms with Crippen molar-refractivity contribution in [2.45, 2.75) is 6.92 Å². The monoisotopic (exact) mass is 300 g/mol. The highest BCUT2D eigenvalue weighted by atomic mass is 35.5. The second-order valence-corrected chi connectivity index (χ2v) is 4.12. The van der Waals surface area contributed by atoms with Gasteiger partial charge < -0.3 is 5.32 Å². The number of nitrogens with one attached hydrogen (secondary N) is 1. The van der Waals surface area contributed by atoms with Crippen molar-refractivity contribution in [1.82, 2.24) is 9.97 Å². The zero-order valence-electron chi connectivity index (χ0n) is 10.0. The molecule has 0 saturated carbocycles. The van der Waals surface area contributed by atoms with Gasteiger partial charge in [-0.1, -0.05) is 0 Å². The average molecular weight is 301 g/mol. The number of aromatic nitrogens is 2. The van der Waals surface area contributed by atoms with Crippen molar-refractivity contribution < 1.29 is 13.7 Å². The molecule has 0 spiro atoms. The molecular formula is C11H7ClF2N4O2. The van der Waals surface area contributed by atoms with Gasteiger partial charge in [-0.25, -0.2) is 13.8 Å². The van der Waals surface area contributed by atoms with Gasteiger partial charge in [-0.3, -0.25) is 10.1 Å². The van der Waals surface area contributed by atoms with Crippen molar-refractivity contribution in [2.24, 2.45) is 0 Å². The molecule has 0 atom stereocenters. The van der Waals surface area contributed by atoms with Gasteiger partial charge in [0, 0.05) is 6.07 Å². The number of anilines is 2. The van der Waals surface area contributed by atoms with Crippen molar-refractivity contribution in [3.8, 4) is 0 Å². The van der Waals surface area contributed by atoms with Crippen LogP contribution in [0, 0.1) is 28.7 Å². The van der Waals surface area contributed by atoms with Gasteiger partial charge in [0.15, 0.2) is 0 Å². The number of benzene rings is 1. The summed E-state index contributed by atoms with van der Waals surface area (Å²) in [6, 6.07) is 2.66. The van der Waals surface area contributed by atoms with Crippen LogP contribution >= 0.6 is 11.6 Å². The van der Waals surface area contributed by atoms with Crippen LogP contribution in [0.15, 0.2) is 18.2 Å². The molecule has 20 heavy (non-hydrogen) atoms. The predicted molar refractivity (Wildman–Crippen MR) is 68.1 cm³/mol. The number of nitro groups is 1. The highest BCUT2D eigenvalue weighted by molar-refractivity contribution is 6.28. The third-order valence-corrected chi connectivity index (χ3v) is 2.56. The molecule has 0 bridgehead atoms. The van der Waals surface area contributed by atoms with Gasteiger partial charge >= 0.3 is 5.69 Å². The van der Waals surface area contributed by atoms with Crippen molar-refractivity contribution >= 4 is 28.8 Å². The van der Waals surface area contributed by atoms with Crippen LogP contribution in [-0.4, -0.2) is 14.9 Å². The second kappa shape index (κ2) is 5.33. The number of rotatable bonds is 3. The maximum atomic E-state index is 13.5. The van der Waals surface area contributed by atoms with Crippen molar-refractivity contribution in [1.29, 1.82) is 0 Å². The summed E-state index contributed by atoms with van der Waals surface area (Å²) in [4.78, 5) is 17.5. The summed E-state index contributed by atoms with van der Waals surface area (Å²) < 4.78 is 26.6. The van der Waals surface area contributed by atoms with E-state index < -0.39 is 22.2 Å². The standard InChI is InChI=1S/C11H7ClF2N4O2/c1-5-9(18(19)20)10(17-11(12)15-5)16-8-4-6(13)2-3-7(8)14/h2-4H,1H3,(H,15,16,17). The van der Waals surface area contributed by atoms with Gasteiger partial charge in [0.1, 0.15) is 17.3 Å². The minimum atomic E-state index is -0.784. The smallest absolute Gasteiger partial charge is 0.332 e. The molecular weight excluding hydrogens is 294 g/mol. The molecule has 0 unspecified atom stereocenters. The van der Waals surface area contributed by atoms with Crippen LogP contribution in [0.3, 0.4) is 0 Å². The van der Waals surface area contributed by atoms with Gasteiger partial charge in [-0.15, -0.1) is 0 Å². The van der Waals surface area contributed by atoms with E-state index in [-0.39, 0.29) is 22.5 Å². The first kappa shape index (κ1) is 14.1. The maximum Gasteiger partial charge on any atom is 0.332 e. The summed E-state index contributed by atoms with van der Waals surface area (Å²) in [6.45, 7) is 1.36. The van der Waals surface area contributed by atoms with E-state index in [0.717, 1.165) is 18.2 Å². The number of nitrogens with zero attached hydrogens (tertiary/aromatic N) is 3. The maximum absolute atomic E-state index is 13.5. The molecule has 0 aliphatic carbocycles. The zero-order valence-corrected chi connectivity index (χ0v) is 10.8. The van der Waals surface area contributed by atoms with E-state index in [9.17, 15) is 18.9 Å². The molecule has 2 aromatic rings. The molecule has 0 amide bonds. The van der Waals surface area contributed by atoms with Crippen LogP contribution in [0.5, 0.6) is 0 Å². The average Bonchev–Trinajstić information content (AvgIpc) is 2.32. The first-order valence-corrected chi connectivity index (χ1v) is 5.67. The molecule has 104 valence electrons. The van der Waals surface area contributed by atoms with E-state index in [1.54, 1.807) is 0 Å². The largest absolute Gasteiger partial charge is 0.332 e. The van der Waals surface area contributed by atoms with Crippen LogP contribution in [0.2, 0.25) is 5.28 Å². The Morgan fingerprint density at radius 3 is 2.70 bits per heavy atom. The third-order valence-electron chi connectivity index (χ3n) is 2.40. The second-order valence-electron chi connectivity index (χ2n) is 3.78. The Morgan fingerprint density at radius 2 is 2.05 bits per heavy atom. The fourth-order valence-electron chi connectivity index (χ4n) is 1.56. The fraction of sp³-hybridized carbons (Fsp3) is 0.0909. The molecule has 0 aliphatic heterocycles. The predicted octanol–water partition coefficient (Wildman–Crippen LogP) is 3.37. The summed E-state index contributed by atoms with van der Waals surface area (Å²) in [5.74, 6) is -1.79. The lowest BCUT2D eigenvalue weighted by molar-refractivity contribution is -0.385. The molecule has 2 rings (SSSR count). The highest BCUT2D eigenvalue weighted by Gasteiger charge is 2.22. The van der Waals surface area contributed by atoms with Gasteiger partial charge in [0.2, 0.25) is 11.1 Å². The lowest BCUT2D eigenvalue weighted by Crippen LogP contribution is -2.05. The van der Waals surface area contributed by atoms with Crippen LogP contribution in [-0.2, 0) is 0 Å². The Labute approximate surface area is 116 Å². The van der Waals surface area contributed by atoms with Crippen LogP contribution in [0.25, 0.3) is 0 Å². The van der Waals surface area contributed by atoms with E-state index in [1.807, 2.05) is 0 Å². The normalized spacial score (nSPS) is 10.4. The van der Waals surface area contributed by atoms with Crippen LogP contribution in [0.1, 0.15) is 5.69 Å².